The first-order chi connectivity index (χ1) is 8.20. The van der Waals surface area contributed by atoms with E-state index in [1.807, 2.05) is 6.92 Å². The summed E-state index contributed by atoms with van der Waals surface area (Å²) >= 11 is 1.48. The average Bonchev–Trinajstić information content (AvgIpc) is 2.94. The molecule has 1 aliphatic carbocycles. The average molecular weight is 254 g/mol. The molecule has 5 heteroatoms. The maximum atomic E-state index is 11.8. The third kappa shape index (κ3) is 3.04. The van der Waals surface area contributed by atoms with Crippen molar-refractivity contribution in [2.75, 3.05) is 13.2 Å². The lowest BCUT2D eigenvalue weighted by Crippen LogP contribution is -2.31. The van der Waals surface area contributed by atoms with Crippen LogP contribution in [0, 0.1) is 18.8 Å². The van der Waals surface area contributed by atoms with Crippen LogP contribution in [-0.4, -0.2) is 29.1 Å². The molecule has 4 nitrogen and oxygen atoms in total. The summed E-state index contributed by atoms with van der Waals surface area (Å²) in [5, 5.41) is 14.8. The van der Waals surface area contributed by atoms with E-state index in [1.165, 1.54) is 11.3 Å². The van der Waals surface area contributed by atoms with Crippen molar-refractivity contribution in [1.82, 2.24) is 10.3 Å². The number of carbonyl (C=O) groups is 1. The van der Waals surface area contributed by atoms with E-state index in [-0.39, 0.29) is 12.5 Å². The number of aromatic nitrogens is 1. The van der Waals surface area contributed by atoms with Crippen molar-refractivity contribution in [3.05, 3.63) is 16.1 Å². The second-order valence-electron chi connectivity index (χ2n) is 4.60. The maximum absolute atomic E-state index is 11.8. The van der Waals surface area contributed by atoms with Gasteiger partial charge in [-0.1, -0.05) is 6.42 Å². The Labute approximate surface area is 105 Å². The number of aliphatic hydroxyl groups excluding tert-OH is 1. The number of carbonyl (C=O) groups excluding carboxylic acids is 1. The van der Waals surface area contributed by atoms with Gasteiger partial charge in [-0.15, -0.1) is 11.3 Å². The van der Waals surface area contributed by atoms with Crippen LogP contribution in [0.2, 0.25) is 0 Å². The SMILES string of the molecule is Cc1nc(C(=O)NCC2CCCC2CO)cs1. The Morgan fingerprint density at radius 3 is 3.00 bits per heavy atom. The van der Waals surface area contributed by atoms with Crippen LogP contribution in [0.5, 0.6) is 0 Å². The van der Waals surface area contributed by atoms with E-state index in [0.29, 0.717) is 24.1 Å². The van der Waals surface area contributed by atoms with Crippen LogP contribution < -0.4 is 5.32 Å². The normalized spacial score (nSPS) is 23.9. The van der Waals surface area contributed by atoms with Crippen LogP contribution in [0.1, 0.15) is 34.8 Å². The van der Waals surface area contributed by atoms with Gasteiger partial charge in [0.15, 0.2) is 0 Å². The predicted octanol–water partition coefficient (Wildman–Crippen LogP) is 1.59. The molecule has 2 rings (SSSR count). The lowest BCUT2D eigenvalue weighted by Gasteiger charge is -2.17. The highest BCUT2D eigenvalue weighted by atomic mass is 32.1. The molecule has 1 aliphatic rings. The van der Waals surface area contributed by atoms with Gasteiger partial charge in [-0.05, 0) is 31.6 Å². The molecule has 0 saturated heterocycles. The summed E-state index contributed by atoms with van der Waals surface area (Å²) < 4.78 is 0. The first-order valence-corrected chi connectivity index (χ1v) is 6.90. The molecule has 0 spiro atoms. The quantitative estimate of drug-likeness (QED) is 0.857. The molecule has 1 aromatic rings. The molecule has 1 amide bonds. The molecule has 2 N–H and O–H groups in total. The van der Waals surface area contributed by atoms with Crippen molar-refractivity contribution in [2.24, 2.45) is 11.8 Å². The maximum Gasteiger partial charge on any atom is 0.270 e. The minimum absolute atomic E-state index is 0.0991. The minimum Gasteiger partial charge on any atom is -0.396 e. The van der Waals surface area contributed by atoms with Gasteiger partial charge in [-0.25, -0.2) is 4.98 Å². The van der Waals surface area contributed by atoms with Gasteiger partial charge in [-0.3, -0.25) is 4.79 Å². The number of nitrogens with zero attached hydrogens (tertiary/aromatic N) is 1. The second kappa shape index (κ2) is 5.60. The van der Waals surface area contributed by atoms with Crippen LogP contribution in [0.3, 0.4) is 0 Å². The van der Waals surface area contributed by atoms with Crippen molar-refractivity contribution in [1.29, 1.82) is 0 Å². The molecule has 2 atom stereocenters. The first-order valence-electron chi connectivity index (χ1n) is 6.02. The lowest BCUT2D eigenvalue weighted by molar-refractivity contribution is 0.0933. The Hall–Kier alpha value is -0.940. The van der Waals surface area contributed by atoms with E-state index in [0.717, 1.165) is 24.3 Å². The summed E-state index contributed by atoms with van der Waals surface area (Å²) in [7, 11) is 0. The van der Waals surface area contributed by atoms with Crippen molar-refractivity contribution in [3.63, 3.8) is 0 Å². The van der Waals surface area contributed by atoms with Crippen LogP contribution >= 0.6 is 11.3 Å². The van der Waals surface area contributed by atoms with E-state index < -0.39 is 0 Å². The third-order valence-electron chi connectivity index (χ3n) is 3.43. The fourth-order valence-corrected chi connectivity index (χ4v) is 3.00. The molecule has 1 saturated carbocycles. The standard InChI is InChI=1S/C12H18N2O2S/c1-8-14-11(7-17-8)12(16)13-5-9-3-2-4-10(9)6-15/h7,9-10,15H,2-6H2,1H3,(H,13,16). The molecular weight excluding hydrogens is 236 g/mol. The molecule has 0 aromatic carbocycles. The highest BCUT2D eigenvalue weighted by Gasteiger charge is 2.26. The van der Waals surface area contributed by atoms with E-state index in [4.69, 9.17) is 0 Å². The molecule has 1 heterocycles. The van der Waals surface area contributed by atoms with Crippen LogP contribution in [0.15, 0.2) is 5.38 Å². The van der Waals surface area contributed by atoms with E-state index in [2.05, 4.69) is 10.3 Å². The monoisotopic (exact) mass is 254 g/mol. The zero-order chi connectivity index (χ0) is 12.3. The summed E-state index contributed by atoms with van der Waals surface area (Å²) in [4.78, 5) is 15.9. The van der Waals surface area contributed by atoms with Crippen LogP contribution in [0.4, 0.5) is 0 Å². The number of aryl methyl sites for hydroxylation is 1. The number of amides is 1. The predicted molar refractivity (Wildman–Crippen MR) is 67.1 cm³/mol. The third-order valence-corrected chi connectivity index (χ3v) is 4.20. The highest BCUT2D eigenvalue weighted by Crippen LogP contribution is 2.30. The lowest BCUT2D eigenvalue weighted by atomic mass is 9.97. The smallest absolute Gasteiger partial charge is 0.270 e. The number of hydrogen-bond donors (Lipinski definition) is 2. The Balaban J connectivity index is 1.84. The largest absolute Gasteiger partial charge is 0.396 e. The van der Waals surface area contributed by atoms with Gasteiger partial charge < -0.3 is 10.4 Å². The Morgan fingerprint density at radius 1 is 1.59 bits per heavy atom. The topological polar surface area (TPSA) is 62.2 Å². The van der Waals surface area contributed by atoms with Crippen molar-refractivity contribution in [2.45, 2.75) is 26.2 Å². The van der Waals surface area contributed by atoms with Crippen molar-refractivity contribution in [3.8, 4) is 0 Å². The summed E-state index contributed by atoms with van der Waals surface area (Å²) in [6.45, 7) is 2.77. The fourth-order valence-electron chi connectivity index (χ4n) is 2.40. The van der Waals surface area contributed by atoms with Gasteiger partial charge in [-0.2, -0.15) is 0 Å². The number of thiazole rings is 1. The summed E-state index contributed by atoms with van der Waals surface area (Å²) in [5.41, 5.74) is 0.506. The number of hydrogen-bond acceptors (Lipinski definition) is 4. The summed E-state index contributed by atoms with van der Waals surface area (Å²) in [6.07, 6.45) is 3.33. The molecule has 0 radical (unpaired) electrons. The van der Waals surface area contributed by atoms with E-state index >= 15 is 0 Å². The second-order valence-corrected chi connectivity index (χ2v) is 5.66. The van der Waals surface area contributed by atoms with E-state index in [1.54, 1.807) is 5.38 Å². The molecule has 2 unspecified atom stereocenters. The number of nitrogens with one attached hydrogen (secondary N) is 1. The molecular formula is C12H18N2O2S. The van der Waals surface area contributed by atoms with Gasteiger partial charge in [0.05, 0.1) is 5.01 Å². The van der Waals surface area contributed by atoms with Gasteiger partial charge in [0, 0.05) is 18.5 Å². The Bertz CT molecular complexity index is 392. The molecule has 0 aliphatic heterocycles. The van der Waals surface area contributed by atoms with E-state index in [9.17, 15) is 9.90 Å². The molecule has 0 bridgehead atoms. The molecule has 1 fully saturated rings. The van der Waals surface area contributed by atoms with Gasteiger partial charge in [0.25, 0.3) is 5.91 Å². The summed E-state index contributed by atoms with van der Waals surface area (Å²) in [6, 6.07) is 0. The minimum atomic E-state index is -0.0991. The van der Waals surface area contributed by atoms with Gasteiger partial charge in [0.2, 0.25) is 0 Å². The Morgan fingerprint density at radius 2 is 2.35 bits per heavy atom. The molecule has 17 heavy (non-hydrogen) atoms. The highest BCUT2D eigenvalue weighted by molar-refractivity contribution is 7.09. The van der Waals surface area contributed by atoms with Gasteiger partial charge >= 0.3 is 0 Å². The fraction of sp³-hybridized carbons (Fsp3) is 0.667. The molecule has 94 valence electrons. The molecule has 1 aromatic heterocycles. The number of rotatable bonds is 4. The zero-order valence-corrected chi connectivity index (χ0v) is 10.8. The van der Waals surface area contributed by atoms with Gasteiger partial charge in [0.1, 0.15) is 5.69 Å². The Kier molecular flexibility index (Phi) is 4.12. The number of aliphatic hydroxyl groups is 1. The zero-order valence-electron chi connectivity index (χ0n) is 9.98. The first kappa shape index (κ1) is 12.5. The van der Waals surface area contributed by atoms with Crippen molar-refractivity contribution < 1.29 is 9.90 Å². The van der Waals surface area contributed by atoms with Crippen molar-refractivity contribution >= 4 is 17.2 Å². The summed E-state index contributed by atoms with van der Waals surface area (Å²) in [5.74, 6) is 0.675. The van der Waals surface area contributed by atoms with Crippen LogP contribution in [0.25, 0.3) is 0 Å². The van der Waals surface area contributed by atoms with Crippen LogP contribution in [-0.2, 0) is 0 Å².